The van der Waals surface area contributed by atoms with Crippen LogP contribution in [0, 0.1) is 18.8 Å². The van der Waals surface area contributed by atoms with Crippen molar-refractivity contribution in [1.82, 2.24) is 24.5 Å². The fourth-order valence-corrected chi connectivity index (χ4v) is 5.43. The number of ether oxygens (including phenoxy) is 1. The maximum atomic E-state index is 13.0. The Balaban J connectivity index is 1.39. The van der Waals surface area contributed by atoms with Gasteiger partial charge in [0, 0.05) is 17.7 Å². The summed E-state index contributed by atoms with van der Waals surface area (Å²) in [5.74, 6) is 0.451. The zero-order valence-electron chi connectivity index (χ0n) is 22.7. The summed E-state index contributed by atoms with van der Waals surface area (Å²) in [6.07, 6.45) is 3.39. The molecular formula is C31H29N7O3. The number of nitrogens with one attached hydrogen (secondary N) is 1. The Hall–Kier alpha value is -5.12. The lowest BCUT2D eigenvalue weighted by Crippen LogP contribution is -2.22. The molecule has 5 aromatic rings. The molecule has 1 fully saturated rings. The maximum absolute atomic E-state index is 13.0. The van der Waals surface area contributed by atoms with Gasteiger partial charge >= 0.3 is 5.97 Å². The smallest absolute Gasteiger partial charge is 0.308 e. The van der Waals surface area contributed by atoms with E-state index in [2.05, 4.69) is 10.3 Å². The molecule has 1 aliphatic carbocycles. The van der Waals surface area contributed by atoms with Crippen LogP contribution in [-0.2, 0) is 14.3 Å². The summed E-state index contributed by atoms with van der Waals surface area (Å²) in [5, 5.41) is 2.93. The number of anilines is 2. The second kappa shape index (κ2) is 10.8. The van der Waals surface area contributed by atoms with Crippen molar-refractivity contribution >= 4 is 34.7 Å². The quantitative estimate of drug-likeness (QED) is 0.285. The van der Waals surface area contributed by atoms with Gasteiger partial charge in [-0.25, -0.2) is 19.9 Å². The fraction of sp³-hybridized carbons (Fsp3) is 0.226. The molecule has 1 aliphatic rings. The lowest BCUT2D eigenvalue weighted by molar-refractivity contribution is -0.145. The third kappa shape index (κ3) is 5.00. The highest BCUT2D eigenvalue weighted by Gasteiger charge is 2.34. The van der Waals surface area contributed by atoms with Crippen LogP contribution < -0.4 is 11.1 Å². The average Bonchev–Trinajstić information content (AvgIpc) is 3.63. The van der Waals surface area contributed by atoms with Crippen molar-refractivity contribution in [1.29, 1.82) is 0 Å². The van der Waals surface area contributed by atoms with Gasteiger partial charge in [-0.15, -0.1) is 0 Å². The van der Waals surface area contributed by atoms with Gasteiger partial charge in [0.25, 0.3) is 0 Å². The van der Waals surface area contributed by atoms with Crippen molar-refractivity contribution in [3.63, 3.8) is 0 Å². The summed E-state index contributed by atoms with van der Waals surface area (Å²) in [7, 11) is 1.37. The van der Waals surface area contributed by atoms with E-state index in [9.17, 15) is 9.59 Å². The van der Waals surface area contributed by atoms with E-state index in [1.807, 2.05) is 72.2 Å². The Morgan fingerprint density at radius 1 is 0.951 bits per heavy atom. The lowest BCUT2D eigenvalue weighted by Gasteiger charge is -2.15. The number of aromatic nitrogens is 5. The zero-order valence-corrected chi connectivity index (χ0v) is 22.7. The van der Waals surface area contributed by atoms with Crippen LogP contribution in [0.4, 0.5) is 11.6 Å². The van der Waals surface area contributed by atoms with Gasteiger partial charge in [-0.1, -0.05) is 30.3 Å². The zero-order chi connectivity index (χ0) is 28.5. The number of esters is 1. The van der Waals surface area contributed by atoms with Crippen LogP contribution >= 0.6 is 0 Å². The summed E-state index contributed by atoms with van der Waals surface area (Å²) in [6.45, 7) is 1.87. The molecule has 2 atom stereocenters. The van der Waals surface area contributed by atoms with Crippen molar-refractivity contribution in [3.8, 4) is 28.3 Å². The van der Waals surface area contributed by atoms with E-state index in [4.69, 9.17) is 25.4 Å². The molecule has 0 bridgehead atoms. The highest BCUT2D eigenvalue weighted by molar-refractivity contribution is 5.93. The molecular weight excluding hydrogens is 518 g/mol. The summed E-state index contributed by atoms with van der Waals surface area (Å²) in [5.41, 5.74) is 11.5. The summed E-state index contributed by atoms with van der Waals surface area (Å²) in [4.78, 5) is 43.7. The molecule has 10 nitrogen and oxygen atoms in total. The molecule has 6 rings (SSSR count). The Kier molecular flexibility index (Phi) is 6.88. The van der Waals surface area contributed by atoms with E-state index in [0.717, 1.165) is 16.9 Å². The molecule has 0 spiro atoms. The van der Waals surface area contributed by atoms with E-state index in [1.165, 1.54) is 7.11 Å². The minimum absolute atomic E-state index is 0.151. The number of aryl methyl sites for hydroxylation is 1. The second-order valence-corrected chi connectivity index (χ2v) is 10.1. The van der Waals surface area contributed by atoms with Crippen LogP contribution in [0.25, 0.3) is 39.5 Å². The minimum Gasteiger partial charge on any atom is -0.469 e. The number of nitrogen functional groups attached to an aromatic ring is 1. The molecule has 4 aromatic heterocycles. The van der Waals surface area contributed by atoms with Crippen LogP contribution in [0.15, 0.2) is 72.9 Å². The maximum Gasteiger partial charge on any atom is 0.308 e. The Morgan fingerprint density at radius 2 is 1.76 bits per heavy atom. The van der Waals surface area contributed by atoms with Crippen molar-refractivity contribution in [3.05, 3.63) is 78.6 Å². The van der Waals surface area contributed by atoms with Gasteiger partial charge in [0.2, 0.25) is 5.91 Å². The number of rotatable bonds is 6. The molecule has 3 N–H and O–H groups in total. The van der Waals surface area contributed by atoms with Crippen LogP contribution in [0.3, 0.4) is 0 Å². The molecule has 4 heterocycles. The highest BCUT2D eigenvalue weighted by Crippen LogP contribution is 2.34. The van der Waals surface area contributed by atoms with E-state index in [1.54, 1.807) is 12.3 Å². The van der Waals surface area contributed by atoms with Crippen molar-refractivity contribution in [2.75, 3.05) is 18.2 Å². The van der Waals surface area contributed by atoms with Crippen molar-refractivity contribution in [2.24, 2.45) is 11.8 Å². The van der Waals surface area contributed by atoms with E-state index in [0.29, 0.717) is 59.1 Å². The lowest BCUT2D eigenvalue weighted by atomic mass is 10.0. The first-order valence-electron chi connectivity index (χ1n) is 13.5. The Labute approximate surface area is 236 Å². The summed E-state index contributed by atoms with van der Waals surface area (Å²) < 4.78 is 6.78. The first kappa shape index (κ1) is 26.1. The minimum atomic E-state index is -0.265. The van der Waals surface area contributed by atoms with Gasteiger partial charge in [-0.3, -0.25) is 14.2 Å². The van der Waals surface area contributed by atoms with Crippen LogP contribution in [0.2, 0.25) is 0 Å². The number of nitrogens with zero attached hydrogens (tertiary/aromatic N) is 5. The normalized spacial score (nSPS) is 16.5. The van der Waals surface area contributed by atoms with E-state index >= 15 is 0 Å². The van der Waals surface area contributed by atoms with E-state index < -0.39 is 0 Å². The molecule has 41 heavy (non-hydrogen) atoms. The van der Waals surface area contributed by atoms with Gasteiger partial charge < -0.3 is 15.8 Å². The Morgan fingerprint density at radius 3 is 2.51 bits per heavy atom. The number of pyridine rings is 3. The highest BCUT2D eigenvalue weighted by atomic mass is 16.5. The molecule has 1 saturated carbocycles. The molecule has 0 radical (unpaired) electrons. The van der Waals surface area contributed by atoms with Gasteiger partial charge in [0.05, 0.1) is 35.7 Å². The number of benzene rings is 1. The first-order valence-corrected chi connectivity index (χ1v) is 13.5. The van der Waals surface area contributed by atoms with E-state index in [-0.39, 0.29) is 23.7 Å². The van der Waals surface area contributed by atoms with Gasteiger partial charge in [0.1, 0.15) is 17.2 Å². The van der Waals surface area contributed by atoms with Gasteiger partial charge in [-0.2, -0.15) is 0 Å². The number of hydrogen-bond donors (Lipinski definition) is 2. The first-order chi connectivity index (χ1) is 19.9. The fourth-order valence-electron chi connectivity index (χ4n) is 5.43. The number of carbonyl (C=O) groups is 2. The van der Waals surface area contributed by atoms with Gasteiger partial charge in [0.15, 0.2) is 11.5 Å². The number of hydrogen-bond acceptors (Lipinski definition) is 8. The molecule has 206 valence electrons. The van der Waals surface area contributed by atoms with Crippen LogP contribution in [-0.4, -0.2) is 43.5 Å². The number of methoxy groups -OCH3 is 1. The van der Waals surface area contributed by atoms with Crippen LogP contribution in [0.5, 0.6) is 0 Å². The second-order valence-electron chi connectivity index (χ2n) is 10.1. The topological polar surface area (TPSA) is 138 Å². The third-order valence-corrected chi connectivity index (χ3v) is 7.54. The predicted octanol–water partition coefficient (Wildman–Crippen LogP) is 4.96. The predicted molar refractivity (Wildman–Crippen MR) is 156 cm³/mol. The number of nitrogens with two attached hydrogens (primary N) is 1. The number of amides is 1. The number of carbonyl (C=O) groups excluding carboxylic acids is 2. The molecule has 2 unspecified atom stereocenters. The molecule has 0 aliphatic heterocycles. The van der Waals surface area contributed by atoms with Crippen LogP contribution in [0.1, 0.15) is 25.0 Å². The standard InChI is InChI=1S/C31H29N7O3/c1-18-25(14-15-26(34-18)37-30(39)20-10-11-21(17-20)31(40)41-2)38-28(22-9-6-16-33-27(22)32)36-24-13-12-23(35-29(24)38)19-7-4-3-5-8-19/h3-9,12-16,20-21H,10-11,17H2,1-2H3,(H2,32,33)(H,34,37,39). The average molecular weight is 548 g/mol. The SMILES string of the molecule is COC(=O)C1CCC(C(=O)Nc2ccc(-n3c(-c4cccnc4N)nc4ccc(-c5ccccc5)nc43)c(C)n2)C1. The van der Waals surface area contributed by atoms with Crippen molar-refractivity contribution in [2.45, 2.75) is 26.2 Å². The Bertz CT molecular complexity index is 1770. The summed E-state index contributed by atoms with van der Waals surface area (Å²) in [6, 6.07) is 21.2. The summed E-state index contributed by atoms with van der Waals surface area (Å²) >= 11 is 0. The van der Waals surface area contributed by atoms with Gasteiger partial charge in [-0.05, 0) is 62.6 Å². The molecule has 1 amide bonds. The molecule has 0 saturated heterocycles. The third-order valence-electron chi connectivity index (χ3n) is 7.54. The number of fused-ring (bicyclic) bond motifs is 1. The molecule has 10 heteroatoms. The van der Waals surface area contributed by atoms with Crippen molar-refractivity contribution < 1.29 is 14.3 Å². The molecule has 1 aromatic carbocycles. The monoisotopic (exact) mass is 547 g/mol. The largest absolute Gasteiger partial charge is 0.469 e. The number of imidazole rings is 1.